The van der Waals surface area contributed by atoms with E-state index in [0.29, 0.717) is 22.6 Å². The van der Waals surface area contributed by atoms with Gasteiger partial charge in [-0.05, 0) is 47.5 Å². The first-order valence-corrected chi connectivity index (χ1v) is 8.13. The van der Waals surface area contributed by atoms with Crippen molar-refractivity contribution in [2.45, 2.75) is 18.2 Å². The second-order valence-corrected chi connectivity index (χ2v) is 7.45. The molecule has 0 atom stereocenters. The summed E-state index contributed by atoms with van der Waals surface area (Å²) >= 11 is 9.12. The fraction of sp³-hybridized carbons (Fsp3) is 0.333. The van der Waals surface area contributed by atoms with Crippen molar-refractivity contribution in [3.8, 4) is 0 Å². The Morgan fingerprint density at radius 1 is 1.39 bits per heavy atom. The summed E-state index contributed by atoms with van der Waals surface area (Å²) in [5.74, 6) is 0. The molecule has 1 aliphatic rings. The molecule has 0 bridgehead atoms. The van der Waals surface area contributed by atoms with E-state index in [1.165, 1.54) is 10.4 Å². The van der Waals surface area contributed by atoms with Crippen LogP contribution in [0.25, 0.3) is 0 Å². The van der Waals surface area contributed by atoms with E-state index in [1.54, 1.807) is 12.1 Å². The molecule has 0 radical (unpaired) electrons. The Bertz CT molecular complexity index is 598. The van der Waals surface area contributed by atoms with Crippen LogP contribution in [-0.4, -0.2) is 25.8 Å². The van der Waals surface area contributed by atoms with Crippen LogP contribution < -0.4 is 0 Å². The van der Waals surface area contributed by atoms with Crippen LogP contribution in [0.5, 0.6) is 0 Å². The molecule has 6 heteroatoms. The van der Waals surface area contributed by atoms with Gasteiger partial charge in [0.15, 0.2) is 0 Å². The van der Waals surface area contributed by atoms with E-state index >= 15 is 0 Å². The molecular weight excluding hydrogens is 338 g/mol. The molecule has 0 saturated heterocycles. The Morgan fingerprint density at radius 2 is 2.11 bits per heavy atom. The summed E-state index contributed by atoms with van der Waals surface area (Å²) in [4.78, 5) is 0.272. The maximum atomic E-state index is 12.4. The fourth-order valence-electron chi connectivity index (χ4n) is 1.87. The van der Waals surface area contributed by atoms with Crippen LogP contribution >= 0.6 is 27.5 Å². The predicted molar refractivity (Wildman–Crippen MR) is 76.3 cm³/mol. The van der Waals surface area contributed by atoms with Gasteiger partial charge in [0.25, 0.3) is 0 Å². The normalized spacial score (nSPS) is 17.6. The number of rotatable bonds is 2. The predicted octanol–water partition coefficient (Wildman–Crippen LogP) is 3.44. The summed E-state index contributed by atoms with van der Waals surface area (Å²) in [5.41, 5.74) is 1.08. The number of hydrogen-bond acceptors (Lipinski definition) is 2. The summed E-state index contributed by atoms with van der Waals surface area (Å²) in [5, 5.41) is 0.503. The standard InChI is InChI=1S/C12H13BrClNO2S/c1-9-3-2-6-15(8-9)18(16,17)10-4-5-12(14)11(13)7-10/h3-5,7H,2,6,8H2,1H3. The molecule has 1 aromatic carbocycles. The lowest BCUT2D eigenvalue weighted by Crippen LogP contribution is -2.35. The first-order valence-electron chi connectivity index (χ1n) is 5.52. The molecule has 3 nitrogen and oxygen atoms in total. The minimum absolute atomic E-state index is 0.272. The molecule has 0 amide bonds. The number of sulfonamides is 1. The van der Waals surface area contributed by atoms with Gasteiger partial charge in [0.05, 0.1) is 9.92 Å². The molecule has 0 fully saturated rings. The second kappa shape index (κ2) is 5.33. The fourth-order valence-corrected chi connectivity index (χ4v) is 4.04. The lowest BCUT2D eigenvalue weighted by molar-refractivity contribution is 0.428. The van der Waals surface area contributed by atoms with Crippen LogP contribution in [0.15, 0.2) is 39.2 Å². The van der Waals surface area contributed by atoms with Crippen LogP contribution in [0.3, 0.4) is 0 Å². The lowest BCUT2D eigenvalue weighted by atomic mass is 10.2. The minimum atomic E-state index is -3.43. The highest BCUT2D eigenvalue weighted by Crippen LogP contribution is 2.28. The zero-order chi connectivity index (χ0) is 13.3. The maximum Gasteiger partial charge on any atom is 0.243 e. The third kappa shape index (κ3) is 2.79. The number of hydrogen-bond donors (Lipinski definition) is 0. The van der Waals surface area contributed by atoms with Gasteiger partial charge in [-0.2, -0.15) is 4.31 Å². The van der Waals surface area contributed by atoms with Crippen molar-refractivity contribution in [2.75, 3.05) is 13.1 Å². The van der Waals surface area contributed by atoms with Gasteiger partial charge in [-0.15, -0.1) is 0 Å². The molecule has 2 rings (SSSR count). The average molecular weight is 351 g/mol. The van der Waals surface area contributed by atoms with Gasteiger partial charge in [-0.3, -0.25) is 0 Å². The topological polar surface area (TPSA) is 37.4 Å². The minimum Gasteiger partial charge on any atom is -0.207 e. The molecule has 1 aliphatic heterocycles. The Balaban J connectivity index is 2.36. The van der Waals surface area contributed by atoms with Crippen molar-refractivity contribution in [1.29, 1.82) is 0 Å². The smallest absolute Gasteiger partial charge is 0.207 e. The van der Waals surface area contributed by atoms with Gasteiger partial charge in [0.2, 0.25) is 10.0 Å². The van der Waals surface area contributed by atoms with E-state index in [0.717, 1.165) is 12.0 Å². The largest absolute Gasteiger partial charge is 0.243 e. The van der Waals surface area contributed by atoms with Crippen molar-refractivity contribution in [3.63, 3.8) is 0 Å². The van der Waals surface area contributed by atoms with Crippen LogP contribution in [-0.2, 0) is 10.0 Å². The molecule has 98 valence electrons. The van der Waals surface area contributed by atoms with Gasteiger partial charge in [0, 0.05) is 17.6 Å². The van der Waals surface area contributed by atoms with E-state index in [1.807, 2.05) is 6.92 Å². The van der Waals surface area contributed by atoms with Gasteiger partial charge in [-0.1, -0.05) is 23.3 Å². The highest BCUT2D eigenvalue weighted by Gasteiger charge is 2.26. The maximum absolute atomic E-state index is 12.4. The highest BCUT2D eigenvalue weighted by molar-refractivity contribution is 9.10. The SMILES string of the molecule is CC1=CCCN(S(=O)(=O)c2ccc(Cl)c(Br)c2)C1. The zero-order valence-corrected chi connectivity index (χ0v) is 13.0. The second-order valence-electron chi connectivity index (χ2n) is 4.25. The number of halogens is 2. The molecule has 18 heavy (non-hydrogen) atoms. The average Bonchev–Trinajstić information content (AvgIpc) is 2.32. The van der Waals surface area contributed by atoms with Crippen molar-refractivity contribution in [2.24, 2.45) is 0 Å². The van der Waals surface area contributed by atoms with Crippen molar-refractivity contribution in [3.05, 3.63) is 39.3 Å². The van der Waals surface area contributed by atoms with E-state index in [9.17, 15) is 8.42 Å². The van der Waals surface area contributed by atoms with Gasteiger partial charge in [0.1, 0.15) is 0 Å². The first-order chi connectivity index (χ1) is 8.41. The molecule has 0 aliphatic carbocycles. The lowest BCUT2D eigenvalue weighted by Gasteiger charge is -2.25. The number of benzene rings is 1. The summed E-state index contributed by atoms with van der Waals surface area (Å²) < 4.78 is 27.0. The van der Waals surface area contributed by atoms with Crippen LogP contribution in [0.4, 0.5) is 0 Å². The van der Waals surface area contributed by atoms with Crippen LogP contribution in [0, 0.1) is 0 Å². The third-order valence-electron chi connectivity index (χ3n) is 2.83. The monoisotopic (exact) mass is 349 g/mol. The van der Waals surface area contributed by atoms with Crippen molar-refractivity contribution >= 4 is 37.6 Å². The van der Waals surface area contributed by atoms with E-state index in [4.69, 9.17) is 11.6 Å². The van der Waals surface area contributed by atoms with Gasteiger partial charge in [-0.25, -0.2) is 8.42 Å². The van der Waals surface area contributed by atoms with Crippen LogP contribution in [0.1, 0.15) is 13.3 Å². The molecular formula is C12H13BrClNO2S. The molecule has 0 unspecified atom stereocenters. The Labute approximate surface area is 121 Å². The first kappa shape index (κ1) is 14.1. The van der Waals surface area contributed by atoms with E-state index in [2.05, 4.69) is 22.0 Å². The Morgan fingerprint density at radius 3 is 2.72 bits per heavy atom. The Kier molecular flexibility index (Phi) is 4.16. The van der Waals surface area contributed by atoms with Crippen molar-refractivity contribution in [1.82, 2.24) is 4.31 Å². The summed E-state index contributed by atoms with van der Waals surface area (Å²) in [6, 6.07) is 4.67. The molecule has 1 heterocycles. The van der Waals surface area contributed by atoms with E-state index in [-0.39, 0.29) is 4.90 Å². The molecule has 1 aromatic rings. The number of nitrogens with zero attached hydrogens (tertiary/aromatic N) is 1. The summed E-state index contributed by atoms with van der Waals surface area (Å²) in [6.07, 6.45) is 2.84. The Hall–Kier alpha value is -0.360. The molecule has 0 saturated carbocycles. The molecule has 0 aromatic heterocycles. The third-order valence-corrected chi connectivity index (χ3v) is 5.88. The summed E-state index contributed by atoms with van der Waals surface area (Å²) in [7, 11) is -3.43. The summed E-state index contributed by atoms with van der Waals surface area (Å²) in [6.45, 7) is 2.93. The molecule has 0 spiro atoms. The highest BCUT2D eigenvalue weighted by atomic mass is 79.9. The van der Waals surface area contributed by atoms with Gasteiger partial charge < -0.3 is 0 Å². The zero-order valence-electron chi connectivity index (χ0n) is 9.86. The quantitative estimate of drug-likeness (QED) is 0.766. The van der Waals surface area contributed by atoms with Crippen LogP contribution in [0.2, 0.25) is 5.02 Å². The van der Waals surface area contributed by atoms with Gasteiger partial charge >= 0.3 is 0 Å². The van der Waals surface area contributed by atoms with Crippen molar-refractivity contribution < 1.29 is 8.42 Å². The molecule has 0 N–H and O–H groups in total. The van der Waals surface area contributed by atoms with E-state index < -0.39 is 10.0 Å².